The number of carbonyl (C=O) groups excluding carboxylic acids is 1. The van der Waals surface area contributed by atoms with Gasteiger partial charge in [0.15, 0.2) is 11.5 Å². The Bertz CT molecular complexity index is 1120. The summed E-state index contributed by atoms with van der Waals surface area (Å²) < 4.78 is 17.6. The second kappa shape index (κ2) is 11.5. The number of nitrogens with one attached hydrogen (secondary N) is 1. The van der Waals surface area contributed by atoms with Gasteiger partial charge in [0, 0.05) is 20.6 Å². The molecule has 6 nitrogen and oxygen atoms in total. The first kappa shape index (κ1) is 23.6. The van der Waals surface area contributed by atoms with Crippen molar-refractivity contribution >= 4 is 39.7 Å². The summed E-state index contributed by atoms with van der Waals surface area (Å²) in [5.41, 5.74) is 4.57. The molecule has 0 bridgehead atoms. The van der Waals surface area contributed by atoms with E-state index in [2.05, 4.69) is 26.5 Å². The van der Waals surface area contributed by atoms with Crippen molar-refractivity contribution in [3.05, 3.63) is 86.8 Å². The molecule has 1 N–H and O–H groups in total. The van der Waals surface area contributed by atoms with E-state index in [1.807, 2.05) is 49.4 Å². The maximum absolute atomic E-state index is 12.5. The molecule has 3 aromatic rings. The van der Waals surface area contributed by atoms with E-state index >= 15 is 0 Å². The lowest BCUT2D eigenvalue weighted by molar-refractivity contribution is 0.0954. The number of hydrogen-bond acceptors (Lipinski definition) is 5. The van der Waals surface area contributed by atoms with Gasteiger partial charge in [0.2, 0.25) is 0 Å². The van der Waals surface area contributed by atoms with Crippen molar-refractivity contribution < 1.29 is 19.0 Å². The summed E-state index contributed by atoms with van der Waals surface area (Å²) in [5, 5.41) is 4.74. The number of nitrogens with zero attached hydrogens (tertiary/aromatic N) is 1. The van der Waals surface area contributed by atoms with E-state index < -0.39 is 0 Å². The Morgan fingerprint density at radius 1 is 1.06 bits per heavy atom. The van der Waals surface area contributed by atoms with Crippen molar-refractivity contribution in [2.45, 2.75) is 13.5 Å². The van der Waals surface area contributed by atoms with Gasteiger partial charge in [0.05, 0.1) is 19.9 Å². The number of hydrogen-bond donors (Lipinski definition) is 1. The highest BCUT2D eigenvalue weighted by atomic mass is 79.9. The summed E-state index contributed by atoms with van der Waals surface area (Å²) in [6.45, 7) is 2.67. The molecule has 0 saturated heterocycles. The second-order valence-corrected chi connectivity index (χ2v) is 7.95. The highest BCUT2D eigenvalue weighted by molar-refractivity contribution is 9.10. The van der Waals surface area contributed by atoms with E-state index in [-0.39, 0.29) is 5.91 Å². The molecule has 0 aromatic heterocycles. The lowest BCUT2D eigenvalue weighted by Gasteiger charge is -2.11. The summed E-state index contributed by atoms with van der Waals surface area (Å²) >= 11 is 9.48. The van der Waals surface area contributed by atoms with Gasteiger partial charge in [0.25, 0.3) is 5.91 Å². The predicted octanol–water partition coefficient (Wildman–Crippen LogP) is 5.85. The number of rotatable bonds is 9. The molecule has 0 aliphatic carbocycles. The zero-order valence-electron chi connectivity index (χ0n) is 17.6. The molecular weight excluding hydrogens is 496 g/mol. The topological polar surface area (TPSA) is 69.2 Å². The SMILES string of the molecule is CCOc1cc(C(=O)N/N=C/c2cc(Br)ccc2OCc2cccc(Cl)c2)ccc1OC. The fourth-order valence-electron chi connectivity index (χ4n) is 2.85. The van der Waals surface area contributed by atoms with Gasteiger partial charge in [-0.2, -0.15) is 5.10 Å². The molecule has 166 valence electrons. The standard InChI is InChI=1S/C24H22BrClN2O4/c1-3-31-23-13-17(7-9-22(23)30-2)24(29)28-27-14-18-12-19(25)8-10-21(18)32-15-16-5-4-6-20(26)11-16/h4-14H,3,15H2,1-2H3,(H,28,29)/b27-14+. The molecule has 0 fully saturated rings. The number of amides is 1. The third kappa shape index (κ3) is 6.48. The van der Waals surface area contributed by atoms with Crippen molar-refractivity contribution in [2.24, 2.45) is 5.10 Å². The van der Waals surface area contributed by atoms with Crippen LogP contribution in [0.15, 0.2) is 70.2 Å². The average Bonchev–Trinajstić information content (AvgIpc) is 2.78. The van der Waals surface area contributed by atoms with Crippen LogP contribution < -0.4 is 19.6 Å². The highest BCUT2D eigenvalue weighted by Gasteiger charge is 2.11. The largest absolute Gasteiger partial charge is 0.493 e. The molecule has 0 radical (unpaired) electrons. The first-order valence-electron chi connectivity index (χ1n) is 9.81. The van der Waals surface area contributed by atoms with Gasteiger partial charge in [-0.1, -0.05) is 39.7 Å². The molecule has 0 aliphatic heterocycles. The third-order valence-electron chi connectivity index (χ3n) is 4.35. The molecule has 0 saturated carbocycles. The van der Waals surface area contributed by atoms with E-state index in [1.54, 1.807) is 25.3 Å². The first-order chi connectivity index (χ1) is 15.5. The normalized spacial score (nSPS) is 10.8. The van der Waals surface area contributed by atoms with Gasteiger partial charge < -0.3 is 14.2 Å². The van der Waals surface area contributed by atoms with Crippen LogP contribution in [0.25, 0.3) is 0 Å². The number of hydrazone groups is 1. The van der Waals surface area contributed by atoms with Crippen LogP contribution >= 0.6 is 27.5 Å². The fraction of sp³-hybridized carbons (Fsp3) is 0.167. The number of halogens is 2. The van der Waals surface area contributed by atoms with Crippen LogP contribution in [0.5, 0.6) is 17.2 Å². The molecule has 0 aliphatic rings. The second-order valence-electron chi connectivity index (χ2n) is 6.60. The Labute approximate surface area is 200 Å². The Kier molecular flexibility index (Phi) is 8.53. The molecule has 3 rings (SSSR count). The highest BCUT2D eigenvalue weighted by Crippen LogP contribution is 2.28. The van der Waals surface area contributed by atoms with Crippen molar-refractivity contribution in [2.75, 3.05) is 13.7 Å². The van der Waals surface area contributed by atoms with Crippen molar-refractivity contribution in [3.63, 3.8) is 0 Å². The van der Waals surface area contributed by atoms with Gasteiger partial charge in [0.1, 0.15) is 12.4 Å². The molecule has 0 heterocycles. The van der Waals surface area contributed by atoms with Gasteiger partial charge in [-0.15, -0.1) is 0 Å². The van der Waals surface area contributed by atoms with Gasteiger partial charge in [-0.25, -0.2) is 5.43 Å². The van der Waals surface area contributed by atoms with E-state index in [9.17, 15) is 4.79 Å². The summed E-state index contributed by atoms with van der Waals surface area (Å²) in [5.74, 6) is 1.30. The first-order valence-corrected chi connectivity index (χ1v) is 11.0. The zero-order valence-corrected chi connectivity index (χ0v) is 19.9. The van der Waals surface area contributed by atoms with E-state index in [1.165, 1.54) is 6.21 Å². The summed E-state index contributed by atoms with van der Waals surface area (Å²) in [6, 6.07) is 18.0. The Morgan fingerprint density at radius 3 is 2.62 bits per heavy atom. The molecule has 8 heteroatoms. The molecule has 1 amide bonds. The Balaban J connectivity index is 1.70. The van der Waals surface area contributed by atoms with Crippen LogP contribution in [-0.2, 0) is 6.61 Å². The van der Waals surface area contributed by atoms with Crippen LogP contribution in [0.1, 0.15) is 28.4 Å². The predicted molar refractivity (Wildman–Crippen MR) is 129 cm³/mol. The summed E-state index contributed by atoms with van der Waals surface area (Å²) in [4.78, 5) is 12.5. The molecular formula is C24H22BrClN2O4. The van der Waals surface area contributed by atoms with Crippen LogP contribution in [-0.4, -0.2) is 25.8 Å². The number of methoxy groups -OCH3 is 1. The van der Waals surface area contributed by atoms with E-state index in [0.29, 0.717) is 46.6 Å². The lowest BCUT2D eigenvalue weighted by Crippen LogP contribution is -2.17. The minimum absolute atomic E-state index is 0.349. The molecule has 32 heavy (non-hydrogen) atoms. The fourth-order valence-corrected chi connectivity index (χ4v) is 3.44. The number of carbonyl (C=O) groups is 1. The average molecular weight is 518 g/mol. The van der Waals surface area contributed by atoms with Crippen molar-refractivity contribution in [3.8, 4) is 17.2 Å². The smallest absolute Gasteiger partial charge is 0.271 e. The van der Waals surface area contributed by atoms with Crippen molar-refractivity contribution in [1.29, 1.82) is 0 Å². The zero-order chi connectivity index (χ0) is 22.9. The Morgan fingerprint density at radius 2 is 1.88 bits per heavy atom. The molecule has 0 unspecified atom stereocenters. The van der Waals surface area contributed by atoms with Crippen LogP contribution in [0.4, 0.5) is 0 Å². The van der Waals surface area contributed by atoms with Crippen LogP contribution in [0.2, 0.25) is 5.02 Å². The quantitative estimate of drug-likeness (QED) is 0.285. The van der Waals surface area contributed by atoms with E-state index in [0.717, 1.165) is 10.0 Å². The molecule has 0 spiro atoms. The maximum Gasteiger partial charge on any atom is 0.271 e. The molecule has 3 aromatic carbocycles. The molecule has 0 atom stereocenters. The van der Waals surface area contributed by atoms with Crippen LogP contribution in [0.3, 0.4) is 0 Å². The number of ether oxygens (including phenoxy) is 3. The third-order valence-corrected chi connectivity index (χ3v) is 5.08. The van der Waals surface area contributed by atoms with E-state index in [4.69, 9.17) is 25.8 Å². The lowest BCUT2D eigenvalue weighted by atomic mass is 10.2. The van der Waals surface area contributed by atoms with Gasteiger partial charge in [-0.3, -0.25) is 4.79 Å². The van der Waals surface area contributed by atoms with Gasteiger partial charge in [-0.05, 0) is 61.0 Å². The van der Waals surface area contributed by atoms with Crippen LogP contribution in [0, 0.1) is 0 Å². The summed E-state index contributed by atoms with van der Waals surface area (Å²) in [7, 11) is 1.55. The number of benzene rings is 3. The van der Waals surface area contributed by atoms with Crippen molar-refractivity contribution in [1.82, 2.24) is 5.43 Å². The Hall–Kier alpha value is -3.03. The monoisotopic (exact) mass is 516 g/mol. The minimum Gasteiger partial charge on any atom is -0.493 e. The van der Waals surface area contributed by atoms with Gasteiger partial charge >= 0.3 is 0 Å². The summed E-state index contributed by atoms with van der Waals surface area (Å²) in [6.07, 6.45) is 1.53. The minimum atomic E-state index is -0.374. The maximum atomic E-state index is 12.5.